The zero-order valence-electron chi connectivity index (χ0n) is 19.5. The van der Waals surface area contributed by atoms with Crippen LogP contribution in [0.15, 0.2) is 46.2 Å². The Labute approximate surface area is 204 Å². The first-order valence-corrected chi connectivity index (χ1v) is 13.7. The van der Waals surface area contributed by atoms with Gasteiger partial charge in [0.25, 0.3) is 0 Å². The first kappa shape index (κ1) is 24.6. The van der Waals surface area contributed by atoms with E-state index < -0.39 is 15.9 Å². The van der Waals surface area contributed by atoms with Gasteiger partial charge < -0.3 is 15.0 Å². The maximum absolute atomic E-state index is 13.2. The summed E-state index contributed by atoms with van der Waals surface area (Å²) < 4.78 is 33.1. The highest BCUT2D eigenvalue weighted by atomic mass is 32.2. The van der Waals surface area contributed by atoms with Crippen molar-refractivity contribution in [3.63, 3.8) is 0 Å². The summed E-state index contributed by atoms with van der Waals surface area (Å²) in [6, 6.07) is 10.3. The third-order valence-electron chi connectivity index (χ3n) is 6.03. The highest BCUT2D eigenvalue weighted by molar-refractivity contribution is 7.99. The molecule has 4 rings (SSSR count). The lowest BCUT2D eigenvalue weighted by molar-refractivity contribution is -0.123. The Morgan fingerprint density at radius 3 is 2.62 bits per heavy atom. The number of ether oxygens (including phenoxy) is 1. The maximum Gasteiger partial charge on any atom is 0.244 e. The summed E-state index contributed by atoms with van der Waals surface area (Å²) in [6.45, 7) is 4.48. The summed E-state index contributed by atoms with van der Waals surface area (Å²) >= 11 is 1.49. The van der Waals surface area contributed by atoms with E-state index in [2.05, 4.69) is 5.32 Å². The number of hydrogen-bond acceptors (Lipinski definition) is 6. The molecule has 0 saturated carbocycles. The number of benzene rings is 2. The van der Waals surface area contributed by atoms with Gasteiger partial charge in [-0.05, 0) is 55.7 Å². The van der Waals surface area contributed by atoms with Gasteiger partial charge in [-0.15, -0.1) is 11.8 Å². The van der Waals surface area contributed by atoms with Gasteiger partial charge in [-0.1, -0.05) is 13.0 Å². The van der Waals surface area contributed by atoms with E-state index in [4.69, 9.17) is 4.74 Å². The number of anilines is 2. The molecule has 2 aliphatic rings. The van der Waals surface area contributed by atoms with E-state index in [9.17, 15) is 18.0 Å². The van der Waals surface area contributed by atoms with Gasteiger partial charge in [-0.3, -0.25) is 9.59 Å². The van der Waals surface area contributed by atoms with Crippen LogP contribution in [0.25, 0.3) is 0 Å². The fourth-order valence-corrected chi connectivity index (χ4v) is 6.75. The third kappa shape index (κ3) is 4.94. The van der Waals surface area contributed by atoms with Crippen LogP contribution in [-0.2, 0) is 19.6 Å². The molecule has 0 spiro atoms. The van der Waals surface area contributed by atoms with Crippen molar-refractivity contribution in [1.29, 1.82) is 0 Å². The number of carbonyl (C=O) groups is 2. The Balaban J connectivity index is 1.66. The van der Waals surface area contributed by atoms with Crippen LogP contribution >= 0.6 is 11.8 Å². The monoisotopic (exact) mass is 503 g/mol. The van der Waals surface area contributed by atoms with Crippen LogP contribution in [-0.4, -0.2) is 57.0 Å². The number of aryl methyl sites for hydroxylation is 1. The second kappa shape index (κ2) is 9.97. The third-order valence-corrected chi connectivity index (χ3v) is 9.25. The summed E-state index contributed by atoms with van der Waals surface area (Å²) in [5.41, 5.74) is 1.92. The minimum absolute atomic E-state index is 0.141. The fourth-order valence-electron chi connectivity index (χ4n) is 4.15. The molecule has 2 aliphatic heterocycles. The van der Waals surface area contributed by atoms with Crippen LogP contribution in [0.2, 0.25) is 0 Å². The Kier molecular flexibility index (Phi) is 7.20. The summed E-state index contributed by atoms with van der Waals surface area (Å²) in [7, 11) is -2.14. The van der Waals surface area contributed by atoms with Gasteiger partial charge in [0.15, 0.2) is 0 Å². The number of hydrogen-bond donors (Lipinski definition) is 1. The van der Waals surface area contributed by atoms with Crippen molar-refractivity contribution in [3.8, 4) is 5.75 Å². The quantitative estimate of drug-likeness (QED) is 0.648. The summed E-state index contributed by atoms with van der Waals surface area (Å²) in [6.07, 6.45) is 1.68. The Bertz CT molecular complexity index is 1210. The largest absolute Gasteiger partial charge is 0.495 e. The molecule has 0 aliphatic carbocycles. The van der Waals surface area contributed by atoms with E-state index in [0.29, 0.717) is 36.0 Å². The van der Waals surface area contributed by atoms with Crippen LogP contribution in [0.1, 0.15) is 25.3 Å². The van der Waals surface area contributed by atoms with Crippen molar-refractivity contribution < 1.29 is 22.7 Å². The Hall–Kier alpha value is -2.56. The second-order valence-corrected chi connectivity index (χ2v) is 11.6. The zero-order chi connectivity index (χ0) is 24.5. The van der Waals surface area contributed by atoms with Crippen molar-refractivity contribution >= 4 is 45.0 Å². The summed E-state index contributed by atoms with van der Waals surface area (Å²) in [4.78, 5) is 28.6. The molecule has 182 valence electrons. The molecule has 0 radical (unpaired) electrons. The van der Waals surface area contributed by atoms with E-state index in [1.54, 1.807) is 24.3 Å². The van der Waals surface area contributed by atoms with Gasteiger partial charge in [0.2, 0.25) is 21.8 Å². The average molecular weight is 504 g/mol. The zero-order valence-corrected chi connectivity index (χ0v) is 21.2. The standard InChI is InChI=1S/C24H29N3O5S2/c1-16-6-8-21(32-3)19(12-16)25-23(28)14-27-20-13-18(34(30,31)26-10-4-5-11-26)7-9-22(20)33-15-17(2)24(27)29/h6-9,12-13,17H,4-5,10-11,14-15H2,1-3H3,(H,25,28)/t17-/m1/s1. The molecular formula is C24H29N3O5S2. The van der Waals surface area contributed by atoms with Gasteiger partial charge in [0.05, 0.1) is 23.4 Å². The van der Waals surface area contributed by atoms with E-state index >= 15 is 0 Å². The molecule has 0 bridgehead atoms. The Morgan fingerprint density at radius 2 is 1.91 bits per heavy atom. The lowest BCUT2D eigenvalue weighted by Gasteiger charge is -2.25. The molecular weight excluding hydrogens is 474 g/mol. The van der Waals surface area contributed by atoms with E-state index in [1.165, 1.54) is 34.1 Å². The van der Waals surface area contributed by atoms with Gasteiger partial charge in [-0.25, -0.2) is 8.42 Å². The topological polar surface area (TPSA) is 96.0 Å². The molecule has 1 atom stereocenters. The number of methoxy groups -OCH3 is 1. The molecule has 2 amide bonds. The van der Waals surface area contributed by atoms with Crippen LogP contribution in [0.4, 0.5) is 11.4 Å². The normalized spacial score (nSPS) is 19.0. The van der Waals surface area contributed by atoms with Gasteiger partial charge in [-0.2, -0.15) is 4.31 Å². The second-order valence-electron chi connectivity index (χ2n) is 8.63. The number of thioether (sulfide) groups is 1. The lowest BCUT2D eigenvalue weighted by atomic mass is 10.1. The van der Waals surface area contributed by atoms with Crippen LogP contribution in [0.5, 0.6) is 5.75 Å². The minimum atomic E-state index is -3.66. The number of nitrogens with one attached hydrogen (secondary N) is 1. The molecule has 1 N–H and O–H groups in total. The highest BCUT2D eigenvalue weighted by Gasteiger charge is 2.33. The fraction of sp³-hybridized carbons (Fsp3) is 0.417. The van der Waals surface area contributed by atoms with E-state index in [0.717, 1.165) is 23.3 Å². The molecule has 10 heteroatoms. The van der Waals surface area contributed by atoms with E-state index in [-0.39, 0.29) is 23.3 Å². The molecule has 2 heterocycles. The number of fused-ring (bicyclic) bond motifs is 1. The molecule has 1 saturated heterocycles. The van der Waals surface area contributed by atoms with Crippen LogP contribution < -0.4 is 15.0 Å². The summed E-state index contributed by atoms with van der Waals surface area (Å²) in [5.74, 6) is 0.138. The van der Waals surface area contributed by atoms with Crippen molar-refractivity contribution in [1.82, 2.24) is 4.31 Å². The SMILES string of the molecule is COc1ccc(C)cc1NC(=O)CN1C(=O)[C@H](C)CSc2ccc(S(=O)(=O)N3CCCC3)cc21. The maximum atomic E-state index is 13.2. The van der Waals surface area contributed by atoms with Crippen molar-refractivity contribution in [2.24, 2.45) is 5.92 Å². The molecule has 8 nitrogen and oxygen atoms in total. The smallest absolute Gasteiger partial charge is 0.244 e. The van der Waals surface area contributed by atoms with Crippen LogP contribution in [0, 0.1) is 12.8 Å². The predicted octanol–water partition coefficient (Wildman–Crippen LogP) is 3.50. The van der Waals surface area contributed by atoms with Crippen molar-refractivity contribution in [2.75, 3.05) is 42.7 Å². The van der Waals surface area contributed by atoms with Gasteiger partial charge in [0, 0.05) is 29.7 Å². The number of carbonyl (C=O) groups excluding carboxylic acids is 2. The molecule has 2 aromatic carbocycles. The van der Waals surface area contributed by atoms with E-state index in [1.807, 2.05) is 19.9 Å². The molecule has 1 fully saturated rings. The molecule has 0 unspecified atom stereocenters. The number of nitrogens with zero attached hydrogens (tertiary/aromatic N) is 2. The average Bonchev–Trinajstić information content (AvgIpc) is 3.33. The van der Waals surface area contributed by atoms with Gasteiger partial charge >= 0.3 is 0 Å². The predicted molar refractivity (Wildman–Crippen MR) is 133 cm³/mol. The minimum Gasteiger partial charge on any atom is -0.495 e. The summed E-state index contributed by atoms with van der Waals surface area (Å²) in [5, 5.41) is 2.83. The molecule has 34 heavy (non-hydrogen) atoms. The number of rotatable bonds is 6. The number of sulfonamides is 1. The lowest BCUT2D eigenvalue weighted by Crippen LogP contribution is -2.41. The molecule has 0 aromatic heterocycles. The first-order chi connectivity index (χ1) is 16.2. The Morgan fingerprint density at radius 1 is 1.18 bits per heavy atom. The molecule has 2 aromatic rings. The highest BCUT2D eigenvalue weighted by Crippen LogP contribution is 2.38. The van der Waals surface area contributed by atoms with Crippen molar-refractivity contribution in [2.45, 2.75) is 36.5 Å². The van der Waals surface area contributed by atoms with Gasteiger partial charge in [0.1, 0.15) is 12.3 Å². The first-order valence-electron chi connectivity index (χ1n) is 11.2. The van der Waals surface area contributed by atoms with Crippen molar-refractivity contribution in [3.05, 3.63) is 42.0 Å². The van der Waals surface area contributed by atoms with Crippen LogP contribution in [0.3, 0.4) is 0 Å². The number of amides is 2.